The monoisotopic (exact) mass is 662 g/mol. The maximum Gasteiger partial charge on any atom is 0.524 e. The van der Waals surface area contributed by atoms with Crippen LogP contribution in [-0.4, -0.2) is 71.6 Å². The Kier molecular flexibility index (Phi) is 12.0. The number of hydrogen-bond donors (Lipinski definition) is 1. The summed E-state index contributed by atoms with van der Waals surface area (Å²) in [5.74, 6) is 0.626. The molecule has 1 saturated heterocycles. The number of quaternary nitrogens is 1. The van der Waals surface area contributed by atoms with Gasteiger partial charge in [-0.3, -0.25) is 0 Å². The van der Waals surface area contributed by atoms with E-state index in [0.717, 1.165) is 34.5 Å². The van der Waals surface area contributed by atoms with E-state index in [0.29, 0.717) is 30.9 Å². The van der Waals surface area contributed by atoms with Crippen molar-refractivity contribution in [1.82, 2.24) is 10.3 Å². The van der Waals surface area contributed by atoms with Gasteiger partial charge in [-0.1, -0.05) is 18.9 Å². The van der Waals surface area contributed by atoms with Crippen molar-refractivity contribution in [3.63, 3.8) is 0 Å². The number of allylic oxidation sites excluding steroid dienone is 1. The molecule has 1 fully saturated rings. The molecule has 0 bridgehead atoms. The number of fused-ring (bicyclic) bond motifs is 1. The summed E-state index contributed by atoms with van der Waals surface area (Å²) < 4.78 is 22.9. The quantitative estimate of drug-likeness (QED) is 0.146. The van der Waals surface area contributed by atoms with Gasteiger partial charge in [0.1, 0.15) is 30.0 Å². The number of nitrogens with zero attached hydrogens (tertiary/aromatic N) is 2. The van der Waals surface area contributed by atoms with Crippen molar-refractivity contribution in [3.05, 3.63) is 41.5 Å². The molecule has 2 heterocycles. The van der Waals surface area contributed by atoms with E-state index in [2.05, 4.69) is 32.8 Å². The number of unbranched alkanes of at least 4 members (excludes halogenated alkanes) is 3. The number of aromatic nitrogens is 1. The predicted octanol–water partition coefficient (Wildman–Crippen LogP) is 7.08. The van der Waals surface area contributed by atoms with E-state index in [4.69, 9.17) is 18.9 Å². The highest BCUT2D eigenvalue weighted by Crippen LogP contribution is 2.37. The van der Waals surface area contributed by atoms with Crippen LogP contribution in [0.25, 0.3) is 10.8 Å². The molecule has 0 radical (unpaired) electrons. The Morgan fingerprint density at radius 1 is 1.23 bits per heavy atom. The summed E-state index contributed by atoms with van der Waals surface area (Å²) in [6.45, 7) is 12.7. The maximum absolute atomic E-state index is 14.4. The van der Waals surface area contributed by atoms with Crippen molar-refractivity contribution in [2.24, 2.45) is 0 Å². The first-order valence-corrected chi connectivity index (χ1v) is 15.6. The van der Waals surface area contributed by atoms with Gasteiger partial charge in [0.25, 0.3) is 0 Å². The van der Waals surface area contributed by atoms with E-state index in [-0.39, 0.29) is 13.2 Å². The maximum atomic E-state index is 14.4. The lowest BCUT2D eigenvalue weighted by Gasteiger charge is -2.34. The standard InChI is InChI=1S/C32H44BrN3O7/c1-8-10-11-12-13-14-26(35-30(38)43-32(4,5)6)29(37)36(31(39)41-9-2)20-23(17-21(36)3)42-28-24-19-25(33)27(40-7)18-22(24)15-16-34-28/h8,15-16,18-19,21,23,26H,1,9-14,17,20H2,2-7H3/p+1/t21-,23-,26+,36?/m1/s1. The third-order valence-corrected chi connectivity index (χ3v) is 8.12. The molecule has 0 saturated carbocycles. The van der Waals surface area contributed by atoms with Crippen molar-refractivity contribution < 1.29 is 37.8 Å². The third kappa shape index (κ3) is 8.47. The number of ether oxygens (including phenoxy) is 4. The first-order valence-electron chi connectivity index (χ1n) is 14.8. The van der Waals surface area contributed by atoms with Gasteiger partial charge in [0.2, 0.25) is 5.88 Å². The highest BCUT2D eigenvalue weighted by atomic mass is 79.9. The fourth-order valence-corrected chi connectivity index (χ4v) is 5.97. The van der Waals surface area contributed by atoms with Crippen LogP contribution in [0.2, 0.25) is 0 Å². The number of carbonyl (C=O) groups excluding carboxylic acids is 3. The van der Waals surface area contributed by atoms with Crippen molar-refractivity contribution in [2.75, 3.05) is 20.3 Å². The highest BCUT2D eigenvalue weighted by Gasteiger charge is 2.60. The van der Waals surface area contributed by atoms with E-state index in [1.54, 1.807) is 41.0 Å². The van der Waals surface area contributed by atoms with Crippen LogP contribution in [-0.2, 0) is 14.3 Å². The first-order chi connectivity index (χ1) is 20.4. The number of halogens is 1. The van der Waals surface area contributed by atoms with Crippen LogP contribution in [0.4, 0.5) is 9.59 Å². The second kappa shape index (κ2) is 15.0. The van der Waals surface area contributed by atoms with Crippen molar-refractivity contribution in [2.45, 2.75) is 96.9 Å². The highest BCUT2D eigenvalue weighted by molar-refractivity contribution is 9.10. The number of nitrogens with one attached hydrogen (secondary N) is 1. The molecular weight excluding hydrogens is 618 g/mol. The van der Waals surface area contributed by atoms with E-state index in [9.17, 15) is 14.4 Å². The van der Waals surface area contributed by atoms with Crippen LogP contribution in [0.1, 0.15) is 73.1 Å². The number of alkyl carbamates (subject to hydrolysis) is 1. The fraction of sp³-hybridized carbons (Fsp3) is 0.562. The van der Waals surface area contributed by atoms with E-state index in [1.807, 2.05) is 31.2 Å². The summed E-state index contributed by atoms with van der Waals surface area (Å²) in [4.78, 5) is 45.4. The minimum atomic E-state index is -0.955. The average Bonchev–Trinajstić information content (AvgIpc) is 3.27. The minimum absolute atomic E-state index is 0.0389. The number of amides is 3. The largest absolute Gasteiger partial charge is 0.524 e. The SMILES string of the molecule is C=CCCCCC[C@H](NC(=O)OC(C)(C)C)C(=O)[N+]1(C(=O)OCC)C[C@H](Oc2nccc3cc(OC)c(Br)cc23)C[C@H]1C. The Balaban J connectivity index is 1.93. The van der Waals surface area contributed by atoms with Gasteiger partial charge in [0.05, 0.1) is 18.2 Å². The second-order valence-electron chi connectivity index (χ2n) is 11.9. The first kappa shape index (κ1) is 34.3. The summed E-state index contributed by atoms with van der Waals surface area (Å²) in [6.07, 6.45) is 5.68. The summed E-state index contributed by atoms with van der Waals surface area (Å²) >= 11 is 3.53. The summed E-state index contributed by atoms with van der Waals surface area (Å²) in [5, 5.41) is 4.40. The molecule has 3 amide bonds. The van der Waals surface area contributed by atoms with Crippen LogP contribution >= 0.6 is 15.9 Å². The molecule has 2 aromatic rings. The number of likely N-dealkylation sites (tertiary alicyclic amines) is 1. The predicted molar refractivity (Wildman–Crippen MR) is 168 cm³/mol. The molecule has 1 N–H and O–H groups in total. The number of carbonyl (C=O) groups is 3. The number of rotatable bonds is 12. The number of pyridine rings is 1. The lowest BCUT2D eigenvalue weighted by molar-refractivity contribution is -0.795. The van der Waals surface area contributed by atoms with Crippen molar-refractivity contribution in [1.29, 1.82) is 0 Å². The van der Waals surface area contributed by atoms with E-state index in [1.165, 1.54) is 0 Å². The van der Waals surface area contributed by atoms with Gasteiger partial charge in [-0.05, 0) is 93.4 Å². The second-order valence-corrected chi connectivity index (χ2v) is 12.7. The normalized spacial score (nSPS) is 20.7. The van der Waals surface area contributed by atoms with Crippen molar-refractivity contribution in [3.8, 4) is 11.6 Å². The Morgan fingerprint density at radius 3 is 2.63 bits per heavy atom. The van der Waals surface area contributed by atoms with E-state index >= 15 is 0 Å². The number of benzene rings is 1. The molecule has 0 aliphatic carbocycles. The van der Waals surface area contributed by atoms with Crippen LogP contribution in [0, 0.1) is 0 Å². The van der Waals surface area contributed by atoms with Crippen molar-refractivity contribution >= 4 is 44.8 Å². The molecule has 1 unspecified atom stereocenters. The van der Waals surface area contributed by atoms with Gasteiger partial charge in [-0.25, -0.2) is 14.6 Å². The van der Waals surface area contributed by atoms with E-state index < -0.39 is 46.4 Å². The molecule has 3 rings (SSSR count). The molecule has 1 aliphatic heterocycles. The molecule has 1 aliphatic rings. The summed E-state index contributed by atoms with van der Waals surface area (Å²) in [5.41, 5.74) is -0.751. The molecular formula is C32H45BrN3O7+. The number of hydrogen-bond acceptors (Lipinski definition) is 8. The zero-order valence-electron chi connectivity index (χ0n) is 26.1. The van der Waals surface area contributed by atoms with Gasteiger partial charge in [-0.2, -0.15) is 9.28 Å². The van der Waals surface area contributed by atoms with Crippen LogP contribution in [0.5, 0.6) is 11.6 Å². The smallest absolute Gasteiger partial charge is 0.496 e. The Labute approximate surface area is 262 Å². The molecule has 0 spiro atoms. The van der Waals surface area contributed by atoms with Crippen LogP contribution < -0.4 is 14.8 Å². The molecule has 1 aromatic heterocycles. The number of methoxy groups -OCH3 is 1. The Hall–Kier alpha value is -3.18. The van der Waals surface area contributed by atoms with Gasteiger partial charge < -0.3 is 24.3 Å². The Bertz CT molecular complexity index is 1310. The zero-order chi connectivity index (χ0) is 31.8. The molecule has 236 valence electrons. The minimum Gasteiger partial charge on any atom is -0.496 e. The van der Waals surface area contributed by atoms with Gasteiger partial charge in [0.15, 0.2) is 6.10 Å². The molecule has 1 aromatic carbocycles. The molecule has 11 heteroatoms. The topological polar surface area (TPSA) is 113 Å². The third-order valence-electron chi connectivity index (χ3n) is 7.50. The molecule has 43 heavy (non-hydrogen) atoms. The number of imide groups is 1. The van der Waals surface area contributed by atoms with Gasteiger partial charge in [-0.15, -0.1) is 6.58 Å². The zero-order valence-corrected chi connectivity index (χ0v) is 27.7. The van der Waals surface area contributed by atoms with Crippen LogP contribution in [0.3, 0.4) is 0 Å². The van der Waals surface area contributed by atoms with Gasteiger partial charge in [0, 0.05) is 18.0 Å². The van der Waals surface area contributed by atoms with Crippen LogP contribution in [0.15, 0.2) is 41.5 Å². The summed E-state index contributed by atoms with van der Waals surface area (Å²) in [7, 11) is 1.60. The lowest BCUT2D eigenvalue weighted by atomic mass is 10.0. The average molecular weight is 664 g/mol. The fourth-order valence-electron chi connectivity index (χ4n) is 5.47. The molecule has 4 atom stereocenters. The van der Waals surface area contributed by atoms with Gasteiger partial charge >= 0.3 is 18.1 Å². The lowest BCUT2D eigenvalue weighted by Crippen LogP contribution is -2.65. The molecule has 10 nitrogen and oxygen atoms in total. The summed E-state index contributed by atoms with van der Waals surface area (Å²) in [6, 6.07) is 4.19. The Morgan fingerprint density at radius 2 is 1.98 bits per heavy atom.